The first-order chi connectivity index (χ1) is 17.6. The molecule has 0 fully saturated rings. The molecule has 0 spiro atoms. The van der Waals surface area contributed by atoms with Crippen molar-refractivity contribution >= 4 is 23.0 Å². The zero-order valence-electron chi connectivity index (χ0n) is 20.5. The Morgan fingerprint density at radius 3 is 2.53 bits per heavy atom. The van der Waals surface area contributed by atoms with Crippen LogP contribution in [0.4, 0.5) is 5.95 Å². The van der Waals surface area contributed by atoms with E-state index < -0.39 is 12.1 Å². The summed E-state index contributed by atoms with van der Waals surface area (Å²) in [6.07, 6.45) is 0.288. The quantitative estimate of drug-likeness (QED) is 0.246. The molecule has 0 saturated heterocycles. The molecular formula is C28H31N3O5. The van der Waals surface area contributed by atoms with Crippen LogP contribution in [0.2, 0.25) is 0 Å². The number of aromatic amines is 1. The maximum absolute atomic E-state index is 11.4. The van der Waals surface area contributed by atoms with Gasteiger partial charge in [0, 0.05) is 13.1 Å². The summed E-state index contributed by atoms with van der Waals surface area (Å²) < 4.78 is 16.8. The number of rotatable bonds is 13. The number of nitrogens with one attached hydrogen (secondary N) is 1. The fourth-order valence-corrected chi connectivity index (χ4v) is 3.88. The predicted molar refractivity (Wildman–Crippen MR) is 139 cm³/mol. The van der Waals surface area contributed by atoms with Gasteiger partial charge in [-0.05, 0) is 66.9 Å². The van der Waals surface area contributed by atoms with Crippen molar-refractivity contribution < 1.29 is 24.1 Å². The molecule has 4 rings (SSSR count). The summed E-state index contributed by atoms with van der Waals surface area (Å²) in [5, 5.41) is 9.33. The number of H-pyrrole nitrogens is 1. The number of hydrogen-bond acceptors (Lipinski definition) is 6. The van der Waals surface area contributed by atoms with E-state index in [1.165, 1.54) is 0 Å². The van der Waals surface area contributed by atoms with Gasteiger partial charge in [-0.2, -0.15) is 0 Å². The smallest absolute Gasteiger partial charge is 0.344 e. The summed E-state index contributed by atoms with van der Waals surface area (Å²) in [6, 6.07) is 23.0. The Kier molecular flexibility index (Phi) is 8.28. The van der Waals surface area contributed by atoms with Crippen molar-refractivity contribution in [1.29, 1.82) is 0 Å². The first-order valence-corrected chi connectivity index (χ1v) is 12.0. The van der Waals surface area contributed by atoms with Crippen molar-refractivity contribution in [2.24, 2.45) is 0 Å². The minimum atomic E-state index is -0.969. The second kappa shape index (κ2) is 12.0. The molecule has 0 amide bonds. The fourth-order valence-electron chi connectivity index (χ4n) is 3.88. The number of aliphatic carboxylic acids is 1. The predicted octanol–water partition coefficient (Wildman–Crippen LogP) is 5.29. The Bertz CT molecular complexity index is 1240. The number of ether oxygens (including phenoxy) is 3. The van der Waals surface area contributed by atoms with Crippen molar-refractivity contribution in [1.82, 2.24) is 9.97 Å². The van der Waals surface area contributed by atoms with Gasteiger partial charge in [0.25, 0.3) is 0 Å². The largest absolute Gasteiger partial charge is 0.497 e. The lowest BCUT2D eigenvalue weighted by Gasteiger charge is -2.23. The number of carboxylic acid groups (broad SMARTS) is 1. The summed E-state index contributed by atoms with van der Waals surface area (Å²) in [4.78, 5) is 21.7. The SMILES string of the molecule is CCC(Oc1cccc(CN(CCCOc2ccc(OC)cc2)c2nc3ccccc3[nH]2)c1)C(=O)O. The van der Waals surface area contributed by atoms with E-state index in [0.29, 0.717) is 31.9 Å². The van der Waals surface area contributed by atoms with Gasteiger partial charge in [-0.3, -0.25) is 0 Å². The van der Waals surface area contributed by atoms with Crippen LogP contribution < -0.4 is 19.1 Å². The normalized spacial score (nSPS) is 11.7. The van der Waals surface area contributed by atoms with Gasteiger partial charge in [0.1, 0.15) is 17.2 Å². The Hall–Kier alpha value is -4.20. The topological polar surface area (TPSA) is 96.9 Å². The number of carbonyl (C=O) groups is 1. The fraction of sp³-hybridized carbons (Fsp3) is 0.286. The summed E-state index contributed by atoms with van der Waals surface area (Å²) in [5.41, 5.74) is 2.86. The lowest BCUT2D eigenvalue weighted by molar-refractivity contribution is -0.145. The summed E-state index contributed by atoms with van der Waals surface area (Å²) in [7, 11) is 1.64. The molecule has 0 aliphatic carbocycles. The second-order valence-electron chi connectivity index (χ2n) is 8.38. The summed E-state index contributed by atoms with van der Waals surface area (Å²) in [6.45, 7) is 3.61. The number of hydrogen-bond donors (Lipinski definition) is 2. The molecule has 1 atom stereocenters. The summed E-state index contributed by atoms with van der Waals surface area (Å²) in [5.74, 6) is 1.92. The zero-order chi connectivity index (χ0) is 25.3. The average molecular weight is 490 g/mol. The van der Waals surface area contributed by atoms with Crippen LogP contribution in [0.1, 0.15) is 25.3 Å². The maximum Gasteiger partial charge on any atom is 0.344 e. The highest BCUT2D eigenvalue weighted by Crippen LogP contribution is 2.23. The van der Waals surface area contributed by atoms with Crippen LogP contribution in [-0.2, 0) is 11.3 Å². The van der Waals surface area contributed by atoms with E-state index in [1.807, 2.05) is 66.7 Å². The molecule has 4 aromatic rings. The molecule has 8 heteroatoms. The highest BCUT2D eigenvalue weighted by atomic mass is 16.5. The van der Waals surface area contributed by atoms with Crippen LogP contribution in [0.3, 0.4) is 0 Å². The molecule has 1 heterocycles. The van der Waals surface area contributed by atoms with E-state index in [-0.39, 0.29) is 0 Å². The number of para-hydroxylation sites is 2. The third-order valence-corrected chi connectivity index (χ3v) is 5.77. The van der Waals surface area contributed by atoms with Crippen LogP contribution >= 0.6 is 0 Å². The number of carboxylic acids is 1. The van der Waals surface area contributed by atoms with Gasteiger partial charge in [-0.15, -0.1) is 0 Å². The highest BCUT2D eigenvalue weighted by Gasteiger charge is 2.18. The molecule has 0 bridgehead atoms. The highest BCUT2D eigenvalue weighted by molar-refractivity contribution is 5.77. The molecule has 1 unspecified atom stereocenters. The first-order valence-electron chi connectivity index (χ1n) is 12.0. The van der Waals surface area contributed by atoms with Crippen molar-refractivity contribution in [3.05, 3.63) is 78.4 Å². The number of aromatic nitrogens is 2. The van der Waals surface area contributed by atoms with Crippen molar-refractivity contribution in [2.45, 2.75) is 32.4 Å². The number of fused-ring (bicyclic) bond motifs is 1. The Balaban J connectivity index is 1.46. The Morgan fingerprint density at radius 2 is 1.81 bits per heavy atom. The minimum Gasteiger partial charge on any atom is -0.497 e. The van der Waals surface area contributed by atoms with Gasteiger partial charge in [0.15, 0.2) is 6.10 Å². The third kappa shape index (κ3) is 6.47. The van der Waals surface area contributed by atoms with Gasteiger partial charge in [-0.25, -0.2) is 9.78 Å². The van der Waals surface area contributed by atoms with Gasteiger partial charge < -0.3 is 29.2 Å². The van der Waals surface area contributed by atoms with Gasteiger partial charge in [-0.1, -0.05) is 31.2 Å². The Labute approximate surface area is 210 Å². The molecular weight excluding hydrogens is 458 g/mol. The van der Waals surface area contributed by atoms with Gasteiger partial charge >= 0.3 is 5.97 Å². The molecule has 36 heavy (non-hydrogen) atoms. The average Bonchev–Trinajstić information content (AvgIpc) is 3.34. The van der Waals surface area contributed by atoms with E-state index >= 15 is 0 Å². The standard InChI is InChI=1S/C28H31N3O5/c1-3-26(27(32)33)36-23-9-6-8-20(18-23)19-31(28-29-24-10-4-5-11-25(24)30-28)16-7-17-35-22-14-12-21(34-2)13-15-22/h4-6,8-15,18,26H,3,7,16-17,19H2,1-2H3,(H,29,30)(H,32,33). The number of benzene rings is 3. The van der Waals surface area contributed by atoms with Crippen LogP contribution in [0.25, 0.3) is 11.0 Å². The third-order valence-electron chi connectivity index (χ3n) is 5.77. The molecule has 0 saturated carbocycles. The molecule has 0 radical (unpaired) electrons. The van der Waals surface area contributed by atoms with Gasteiger partial charge in [0.05, 0.1) is 24.8 Å². The van der Waals surface area contributed by atoms with Crippen molar-refractivity contribution in [3.8, 4) is 17.2 Å². The van der Waals surface area contributed by atoms with E-state index in [0.717, 1.165) is 40.5 Å². The monoisotopic (exact) mass is 489 g/mol. The molecule has 8 nitrogen and oxygen atoms in total. The number of imidazole rings is 1. The van der Waals surface area contributed by atoms with Crippen LogP contribution in [0.15, 0.2) is 72.8 Å². The van der Waals surface area contributed by atoms with Gasteiger partial charge in [0.2, 0.25) is 5.95 Å². The lowest BCUT2D eigenvalue weighted by atomic mass is 10.2. The second-order valence-corrected chi connectivity index (χ2v) is 8.38. The molecule has 1 aromatic heterocycles. The van der Waals surface area contributed by atoms with Crippen LogP contribution in [0, 0.1) is 0 Å². The molecule has 0 aliphatic rings. The minimum absolute atomic E-state index is 0.388. The van der Waals surface area contributed by atoms with E-state index in [2.05, 4.69) is 9.88 Å². The summed E-state index contributed by atoms with van der Waals surface area (Å²) >= 11 is 0. The van der Waals surface area contributed by atoms with Crippen LogP contribution in [-0.4, -0.2) is 47.4 Å². The molecule has 2 N–H and O–H groups in total. The molecule has 188 valence electrons. The number of nitrogens with zero attached hydrogens (tertiary/aromatic N) is 2. The molecule has 0 aliphatic heterocycles. The van der Waals surface area contributed by atoms with Crippen molar-refractivity contribution in [3.63, 3.8) is 0 Å². The van der Waals surface area contributed by atoms with E-state index in [4.69, 9.17) is 19.2 Å². The molecule has 3 aromatic carbocycles. The van der Waals surface area contributed by atoms with Crippen LogP contribution in [0.5, 0.6) is 17.2 Å². The number of methoxy groups -OCH3 is 1. The first kappa shape index (κ1) is 24.9. The Morgan fingerprint density at radius 1 is 1.03 bits per heavy atom. The number of anilines is 1. The van der Waals surface area contributed by atoms with Crippen molar-refractivity contribution in [2.75, 3.05) is 25.2 Å². The lowest BCUT2D eigenvalue weighted by Crippen LogP contribution is -2.27. The zero-order valence-corrected chi connectivity index (χ0v) is 20.5. The maximum atomic E-state index is 11.4. The van der Waals surface area contributed by atoms with E-state index in [9.17, 15) is 9.90 Å². The van der Waals surface area contributed by atoms with E-state index in [1.54, 1.807) is 20.1 Å².